The number of benzene rings is 1. The van der Waals surface area contributed by atoms with E-state index >= 15 is 0 Å². The van der Waals surface area contributed by atoms with E-state index in [9.17, 15) is 9.90 Å². The third kappa shape index (κ3) is 3.21. The van der Waals surface area contributed by atoms with Gasteiger partial charge in [-0.1, -0.05) is 43.2 Å². The molecule has 0 radical (unpaired) electrons. The van der Waals surface area contributed by atoms with Crippen molar-refractivity contribution in [2.45, 2.75) is 50.6 Å². The molecule has 0 bridgehead atoms. The van der Waals surface area contributed by atoms with Gasteiger partial charge in [-0.2, -0.15) is 0 Å². The molecule has 2 saturated carbocycles. The molecule has 3 rings (SSSR count). The summed E-state index contributed by atoms with van der Waals surface area (Å²) >= 11 is 0. The van der Waals surface area contributed by atoms with Gasteiger partial charge in [-0.25, -0.2) is 0 Å². The summed E-state index contributed by atoms with van der Waals surface area (Å²) in [7, 11) is 0. The van der Waals surface area contributed by atoms with Crippen molar-refractivity contribution in [2.75, 3.05) is 0 Å². The first-order valence-corrected chi connectivity index (χ1v) is 7.78. The van der Waals surface area contributed by atoms with Crippen molar-refractivity contribution >= 4 is 5.97 Å². The molecule has 3 unspecified atom stereocenters. The number of aliphatic carboxylic acids is 1. The minimum atomic E-state index is -0.773. The zero-order chi connectivity index (χ0) is 13.9. The van der Waals surface area contributed by atoms with Crippen LogP contribution >= 0.6 is 0 Å². The van der Waals surface area contributed by atoms with Crippen LogP contribution in [-0.4, -0.2) is 17.1 Å². The van der Waals surface area contributed by atoms with E-state index in [1.54, 1.807) is 0 Å². The van der Waals surface area contributed by atoms with Crippen LogP contribution in [0.3, 0.4) is 0 Å². The van der Waals surface area contributed by atoms with Crippen LogP contribution in [0.1, 0.15) is 50.1 Å². The Morgan fingerprint density at radius 1 is 1.10 bits per heavy atom. The summed E-state index contributed by atoms with van der Waals surface area (Å²) in [6.45, 7) is 0. The SMILES string of the molecule is O=C(O)C(NC1CCCC(C2CC2)C1)c1ccccc1. The number of rotatable bonds is 5. The predicted molar refractivity (Wildman–Crippen MR) is 78.4 cm³/mol. The van der Waals surface area contributed by atoms with Gasteiger partial charge >= 0.3 is 5.97 Å². The summed E-state index contributed by atoms with van der Waals surface area (Å²) in [5, 5.41) is 12.9. The van der Waals surface area contributed by atoms with Crippen molar-refractivity contribution in [3.05, 3.63) is 35.9 Å². The highest BCUT2D eigenvalue weighted by Crippen LogP contribution is 2.44. The number of carboxylic acid groups (broad SMARTS) is 1. The van der Waals surface area contributed by atoms with Crippen LogP contribution < -0.4 is 5.32 Å². The van der Waals surface area contributed by atoms with Crippen LogP contribution in [0.2, 0.25) is 0 Å². The van der Waals surface area contributed by atoms with Crippen LogP contribution in [0, 0.1) is 11.8 Å². The molecule has 0 aliphatic heterocycles. The zero-order valence-electron chi connectivity index (χ0n) is 11.8. The van der Waals surface area contributed by atoms with Crippen LogP contribution in [0.25, 0.3) is 0 Å². The smallest absolute Gasteiger partial charge is 0.325 e. The largest absolute Gasteiger partial charge is 0.480 e. The summed E-state index contributed by atoms with van der Waals surface area (Å²) < 4.78 is 0. The van der Waals surface area contributed by atoms with Gasteiger partial charge in [-0.15, -0.1) is 0 Å². The number of carboxylic acids is 1. The van der Waals surface area contributed by atoms with Gasteiger partial charge in [0.15, 0.2) is 0 Å². The highest BCUT2D eigenvalue weighted by atomic mass is 16.4. The molecule has 3 atom stereocenters. The Bertz CT molecular complexity index is 455. The Hall–Kier alpha value is -1.35. The summed E-state index contributed by atoms with van der Waals surface area (Å²) in [6.07, 6.45) is 7.61. The van der Waals surface area contributed by atoms with Gasteiger partial charge in [0.25, 0.3) is 0 Å². The fraction of sp³-hybridized carbons (Fsp3) is 0.588. The molecule has 0 heterocycles. The van der Waals surface area contributed by atoms with Gasteiger partial charge < -0.3 is 5.11 Å². The maximum atomic E-state index is 11.5. The van der Waals surface area contributed by atoms with Crippen molar-refractivity contribution in [2.24, 2.45) is 11.8 Å². The van der Waals surface area contributed by atoms with Crippen LogP contribution in [0.15, 0.2) is 30.3 Å². The standard InChI is InChI=1S/C17H23NO2/c19-17(20)16(13-5-2-1-3-6-13)18-15-8-4-7-14(11-15)12-9-10-12/h1-3,5-6,12,14-16,18H,4,7-11H2,(H,19,20). The molecular formula is C17H23NO2. The Morgan fingerprint density at radius 3 is 2.50 bits per heavy atom. The summed E-state index contributed by atoms with van der Waals surface area (Å²) in [6, 6.07) is 9.31. The van der Waals surface area contributed by atoms with E-state index in [0.29, 0.717) is 6.04 Å². The van der Waals surface area contributed by atoms with Gasteiger partial charge in [0.05, 0.1) is 0 Å². The third-order valence-corrected chi connectivity index (χ3v) is 4.79. The lowest BCUT2D eigenvalue weighted by Gasteiger charge is -2.32. The normalized spacial score (nSPS) is 28.0. The number of hydrogen-bond acceptors (Lipinski definition) is 2. The highest BCUT2D eigenvalue weighted by molar-refractivity contribution is 5.75. The molecule has 20 heavy (non-hydrogen) atoms. The lowest BCUT2D eigenvalue weighted by atomic mass is 9.82. The number of carbonyl (C=O) groups is 1. The van der Waals surface area contributed by atoms with Gasteiger partial charge in [0.1, 0.15) is 6.04 Å². The van der Waals surface area contributed by atoms with E-state index in [4.69, 9.17) is 0 Å². The average Bonchev–Trinajstić information content (AvgIpc) is 3.30. The first kappa shape index (κ1) is 13.6. The molecule has 3 nitrogen and oxygen atoms in total. The average molecular weight is 273 g/mol. The summed E-state index contributed by atoms with van der Waals surface area (Å²) in [4.78, 5) is 11.5. The van der Waals surface area contributed by atoms with E-state index < -0.39 is 12.0 Å². The van der Waals surface area contributed by atoms with Crippen molar-refractivity contribution in [3.8, 4) is 0 Å². The highest BCUT2D eigenvalue weighted by Gasteiger charge is 2.35. The summed E-state index contributed by atoms with van der Waals surface area (Å²) in [5.41, 5.74) is 0.855. The van der Waals surface area contributed by atoms with E-state index in [1.165, 1.54) is 25.7 Å². The molecule has 108 valence electrons. The minimum Gasteiger partial charge on any atom is -0.480 e. The quantitative estimate of drug-likeness (QED) is 0.864. The molecule has 3 heteroatoms. The third-order valence-electron chi connectivity index (χ3n) is 4.79. The molecule has 0 saturated heterocycles. The molecule has 0 aromatic heterocycles. The van der Waals surface area contributed by atoms with Crippen molar-refractivity contribution < 1.29 is 9.90 Å². The van der Waals surface area contributed by atoms with Crippen LogP contribution in [0.5, 0.6) is 0 Å². The van der Waals surface area contributed by atoms with Gasteiger partial charge in [0.2, 0.25) is 0 Å². The predicted octanol–water partition coefficient (Wildman–Crippen LogP) is 3.37. The molecule has 0 spiro atoms. The number of nitrogens with one attached hydrogen (secondary N) is 1. The molecule has 2 aliphatic carbocycles. The van der Waals surface area contributed by atoms with E-state index in [0.717, 1.165) is 30.2 Å². The van der Waals surface area contributed by atoms with E-state index in [2.05, 4.69) is 5.32 Å². The summed E-state index contributed by atoms with van der Waals surface area (Å²) in [5.74, 6) is 0.982. The topological polar surface area (TPSA) is 49.3 Å². The minimum absolute atomic E-state index is 0.357. The lowest BCUT2D eigenvalue weighted by Crippen LogP contribution is -2.40. The monoisotopic (exact) mass is 273 g/mol. The van der Waals surface area contributed by atoms with Crippen molar-refractivity contribution in [3.63, 3.8) is 0 Å². The maximum Gasteiger partial charge on any atom is 0.325 e. The lowest BCUT2D eigenvalue weighted by molar-refractivity contribution is -0.140. The second kappa shape index (κ2) is 5.96. The Kier molecular flexibility index (Phi) is 4.06. The van der Waals surface area contributed by atoms with Gasteiger partial charge in [0, 0.05) is 6.04 Å². The zero-order valence-corrected chi connectivity index (χ0v) is 11.8. The Labute approximate surface area is 120 Å². The van der Waals surface area contributed by atoms with Crippen LogP contribution in [-0.2, 0) is 4.79 Å². The molecule has 0 amide bonds. The Morgan fingerprint density at radius 2 is 1.85 bits per heavy atom. The molecule has 2 aliphatic rings. The Balaban J connectivity index is 1.65. The molecule has 1 aromatic rings. The molecular weight excluding hydrogens is 250 g/mol. The van der Waals surface area contributed by atoms with Crippen LogP contribution in [0.4, 0.5) is 0 Å². The van der Waals surface area contributed by atoms with E-state index in [1.807, 2.05) is 30.3 Å². The molecule has 1 aromatic carbocycles. The maximum absolute atomic E-state index is 11.5. The van der Waals surface area contributed by atoms with Crippen molar-refractivity contribution in [1.29, 1.82) is 0 Å². The van der Waals surface area contributed by atoms with Gasteiger partial charge in [-0.3, -0.25) is 10.1 Å². The fourth-order valence-electron chi connectivity index (χ4n) is 3.57. The van der Waals surface area contributed by atoms with Gasteiger partial charge in [-0.05, 0) is 43.1 Å². The first-order valence-electron chi connectivity index (χ1n) is 7.78. The van der Waals surface area contributed by atoms with E-state index in [-0.39, 0.29) is 0 Å². The first-order chi connectivity index (χ1) is 9.74. The second-order valence-corrected chi connectivity index (χ2v) is 6.31. The molecule has 2 fully saturated rings. The van der Waals surface area contributed by atoms with Crippen molar-refractivity contribution in [1.82, 2.24) is 5.32 Å². The fourth-order valence-corrected chi connectivity index (χ4v) is 3.57. The number of hydrogen-bond donors (Lipinski definition) is 2. The molecule has 2 N–H and O–H groups in total. The second-order valence-electron chi connectivity index (χ2n) is 6.31.